The molecular formula is C22H23N3O. The summed E-state index contributed by atoms with van der Waals surface area (Å²) in [5.41, 5.74) is 1.86. The summed E-state index contributed by atoms with van der Waals surface area (Å²) >= 11 is 0. The number of amides is 1. The highest BCUT2D eigenvalue weighted by molar-refractivity contribution is 6.05. The third-order valence-electron chi connectivity index (χ3n) is 5.00. The van der Waals surface area contributed by atoms with Gasteiger partial charge in [0.15, 0.2) is 0 Å². The van der Waals surface area contributed by atoms with Crippen molar-refractivity contribution in [2.24, 2.45) is 5.41 Å². The van der Waals surface area contributed by atoms with Crippen molar-refractivity contribution in [1.82, 2.24) is 4.98 Å². The maximum atomic E-state index is 12.3. The maximum Gasteiger partial charge on any atom is 0.255 e. The van der Waals surface area contributed by atoms with Gasteiger partial charge in [-0.25, -0.2) is 4.98 Å². The summed E-state index contributed by atoms with van der Waals surface area (Å²) < 4.78 is 0. The first-order valence-corrected chi connectivity index (χ1v) is 9.02. The van der Waals surface area contributed by atoms with Gasteiger partial charge in [0.2, 0.25) is 0 Å². The Bertz CT molecular complexity index is 942. The highest BCUT2D eigenvalue weighted by Crippen LogP contribution is 2.41. The fourth-order valence-electron chi connectivity index (χ4n) is 3.73. The number of benzene rings is 2. The third kappa shape index (κ3) is 3.40. The van der Waals surface area contributed by atoms with E-state index in [0.29, 0.717) is 17.0 Å². The number of carbonyl (C=O) groups is 1. The molecular weight excluding hydrogens is 322 g/mol. The van der Waals surface area contributed by atoms with Gasteiger partial charge in [0, 0.05) is 28.9 Å². The molecule has 2 N–H and O–H groups in total. The normalized spacial score (nSPS) is 16.1. The minimum Gasteiger partial charge on any atom is -0.367 e. The minimum atomic E-state index is -0.103. The molecule has 0 spiro atoms. The van der Waals surface area contributed by atoms with Crippen molar-refractivity contribution in [2.75, 3.05) is 10.6 Å². The van der Waals surface area contributed by atoms with Crippen LogP contribution in [0.5, 0.6) is 0 Å². The molecule has 2 aromatic carbocycles. The summed E-state index contributed by atoms with van der Waals surface area (Å²) in [6, 6.07) is 17.7. The zero-order valence-electron chi connectivity index (χ0n) is 15.1. The Morgan fingerprint density at radius 2 is 1.85 bits per heavy atom. The Balaban J connectivity index is 1.53. The fourth-order valence-corrected chi connectivity index (χ4v) is 3.73. The lowest BCUT2D eigenvalue weighted by Gasteiger charge is -2.43. The van der Waals surface area contributed by atoms with Gasteiger partial charge < -0.3 is 10.6 Å². The van der Waals surface area contributed by atoms with E-state index in [1.165, 1.54) is 0 Å². The molecule has 0 unspecified atom stereocenters. The van der Waals surface area contributed by atoms with Crippen LogP contribution in [0.15, 0.2) is 60.8 Å². The maximum absolute atomic E-state index is 12.3. The molecule has 1 heterocycles. The number of pyridine rings is 1. The zero-order valence-corrected chi connectivity index (χ0v) is 15.1. The molecule has 0 saturated heterocycles. The molecule has 1 saturated carbocycles. The zero-order chi connectivity index (χ0) is 18.1. The topological polar surface area (TPSA) is 54.0 Å². The Hall–Kier alpha value is -2.88. The lowest BCUT2D eigenvalue weighted by atomic mass is 9.68. The van der Waals surface area contributed by atoms with E-state index in [0.717, 1.165) is 35.1 Å². The number of anilines is 2. The van der Waals surface area contributed by atoms with Gasteiger partial charge in [-0.1, -0.05) is 32.0 Å². The van der Waals surface area contributed by atoms with Crippen molar-refractivity contribution in [1.29, 1.82) is 0 Å². The van der Waals surface area contributed by atoms with Gasteiger partial charge in [-0.2, -0.15) is 0 Å². The number of nitrogens with zero attached hydrogens (tertiary/aromatic N) is 1. The Morgan fingerprint density at radius 1 is 1.08 bits per heavy atom. The lowest BCUT2D eigenvalue weighted by Crippen LogP contribution is -2.41. The van der Waals surface area contributed by atoms with Crippen LogP contribution in [-0.2, 0) is 0 Å². The predicted molar refractivity (Wildman–Crippen MR) is 107 cm³/mol. The molecule has 1 aromatic heterocycles. The molecule has 132 valence electrons. The molecule has 1 aliphatic rings. The average Bonchev–Trinajstić information content (AvgIpc) is 2.61. The van der Waals surface area contributed by atoms with Crippen molar-refractivity contribution in [3.05, 3.63) is 66.4 Å². The summed E-state index contributed by atoms with van der Waals surface area (Å²) in [7, 11) is 0. The first kappa shape index (κ1) is 16.6. The third-order valence-corrected chi connectivity index (χ3v) is 5.00. The van der Waals surface area contributed by atoms with E-state index in [-0.39, 0.29) is 5.91 Å². The van der Waals surface area contributed by atoms with E-state index in [1.807, 2.05) is 60.8 Å². The fraction of sp³-hybridized carbons (Fsp3) is 0.273. The number of hydrogen-bond donors (Lipinski definition) is 2. The van der Waals surface area contributed by atoms with E-state index >= 15 is 0 Å². The molecule has 3 aromatic rings. The van der Waals surface area contributed by atoms with Crippen LogP contribution in [0.25, 0.3) is 10.8 Å². The van der Waals surface area contributed by atoms with E-state index in [9.17, 15) is 4.79 Å². The molecule has 0 radical (unpaired) electrons. The van der Waals surface area contributed by atoms with Gasteiger partial charge in [0.25, 0.3) is 5.91 Å². The number of nitrogens with one attached hydrogen (secondary N) is 2. The van der Waals surface area contributed by atoms with Crippen LogP contribution < -0.4 is 10.6 Å². The van der Waals surface area contributed by atoms with Crippen LogP contribution >= 0.6 is 0 Å². The lowest BCUT2D eigenvalue weighted by molar-refractivity contribution is 0.102. The summed E-state index contributed by atoms with van der Waals surface area (Å²) in [4.78, 5) is 16.9. The number of aromatic nitrogens is 1. The summed E-state index contributed by atoms with van der Waals surface area (Å²) in [6.07, 6.45) is 4.14. The van der Waals surface area contributed by atoms with Crippen LogP contribution in [-0.4, -0.2) is 16.9 Å². The first-order valence-electron chi connectivity index (χ1n) is 9.02. The number of carbonyl (C=O) groups excluding carboxylic acids is 1. The van der Waals surface area contributed by atoms with Gasteiger partial charge in [-0.05, 0) is 60.0 Å². The SMILES string of the molecule is CC1(C)CC(Nc2nccc3cc(NC(=O)c4ccccc4)ccc23)C1. The molecule has 0 aliphatic heterocycles. The molecule has 0 atom stereocenters. The van der Waals surface area contributed by atoms with Crippen molar-refractivity contribution >= 4 is 28.2 Å². The van der Waals surface area contributed by atoms with Crippen LogP contribution in [0.4, 0.5) is 11.5 Å². The highest BCUT2D eigenvalue weighted by Gasteiger charge is 2.36. The molecule has 26 heavy (non-hydrogen) atoms. The van der Waals surface area contributed by atoms with E-state index in [2.05, 4.69) is 29.5 Å². The van der Waals surface area contributed by atoms with Gasteiger partial charge in [0.05, 0.1) is 0 Å². The van der Waals surface area contributed by atoms with Crippen LogP contribution in [0.3, 0.4) is 0 Å². The molecule has 0 bridgehead atoms. The molecule has 4 heteroatoms. The Morgan fingerprint density at radius 3 is 2.58 bits per heavy atom. The van der Waals surface area contributed by atoms with Crippen LogP contribution in [0, 0.1) is 5.41 Å². The van der Waals surface area contributed by atoms with Gasteiger partial charge in [-0.15, -0.1) is 0 Å². The number of rotatable bonds is 4. The molecule has 1 aliphatic carbocycles. The predicted octanol–water partition coefficient (Wildman–Crippen LogP) is 5.09. The van der Waals surface area contributed by atoms with E-state index in [4.69, 9.17) is 0 Å². The molecule has 1 amide bonds. The Kier molecular flexibility index (Phi) is 4.11. The molecule has 4 nitrogen and oxygen atoms in total. The van der Waals surface area contributed by atoms with Crippen molar-refractivity contribution < 1.29 is 4.79 Å². The second kappa shape index (κ2) is 6.45. The standard InChI is InChI=1S/C22H23N3O/c1-22(2)13-18(14-22)24-20-19-9-8-17(12-16(19)10-11-23-20)25-21(26)15-6-4-3-5-7-15/h3-12,18H,13-14H2,1-2H3,(H,23,24)(H,25,26). The smallest absolute Gasteiger partial charge is 0.255 e. The Labute approximate surface area is 153 Å². The second-order valence-electron chi connectivity index (χ2n) is 7.83. The highest BCUT2D eigenvalue weighted by atomic mass is 16.1. The van der Waals surface area contributed by atoms with Crippen LogP contribution in [0.1, 0.15) is 37.0 Å². The summed E-state index contributed by atoms with van der Waals surface area (Å²) in [5.74, 6) is 0.818. The minimum absolute atomic E-state index is 0.103. The van der Waals surface area contributed by atoms with Crippen molar-refractivity contribution in [2.45, 2.75) is 32.7 Å². The van der Waals surface area contributed by atoms with Crippen molar-refractivity contribution in [3.8, 4) is 0 Å². The van der Waals surface area contributed by atoms with Gasteiger partial charge in [0.1, 0.15) is 5.82 Å². The first-order chi connectivity index (χ1) is 12.5. The monoisotopic (exact) mass is 345 g/mol. The average molecular weight is 345 g/mol. The summed E-state index contributed by atoms with van der Waals surface area (Å²) in [6.45, 7) is 4.59. The van der Waals surface area contributed by atoms with Gasteiger partial charge in [-0.3, -0.25) is 4.79 Å². The number of hydrogen-bond acceptors (Lipinski definition) is 3. The second-order valence-corrected chi connectivity index (χ2v) is 7.83. The van der Waals surface area contributed by atoms with E-state index < -0.39 is 0 Å². The molecule has 4 rings (SSSR count). The quantitative estimate of drug-likeness (QED) is 0.693. The largest absolute Gasteiger partial charge is 0.367 e. The summed E-state index contributed by atoms with van der Waals surface area (Å²) in [5, 5.41) is 8.67. The van der Waals surface area contributed by atoms with Crippen LogP contribution in [0.2, 0.25) is 0 Å². The van der Waals surface area contributed by atoms with E-state index in [1.54, 1.807) is 0 Å². The number of fused-ring (bicyclic) bond motifs is 1. The van der Waals surface area contributed by atoms with Crippen molar-refractivity contribution in [3.63, 3.8) is 0 Å². The molecule has 1 fully saturated rings. The van der Waals surface area contributed by atoms with Gasteiger partial charge >= 0.3 is 0 Å².